The highest BCUT2D eigenvalue weighted by Gasteiger charge is 2.11. The fourth-order valence-corrected chi connectivity index (χ4v) is 2.32. The van der Waals surface area contributed by atoms with Crippen molar-refractivity contribution in [1.29, 1.82) is 0 Å². The number of nitrogens with two attached hydrogens (primary N) is 1. The standard InChI is InChI=1S/C13H12N2O5S/c14-21(19,20)10-5-3-9(4-6-10)8-15-7-1-2-11(12(15)16)13(17)18/h1-7H,8H2,(H,17,18)(H2,14,19,20). The largest absolute Gasteiger partial charge is 0.477 e. The molecule has 1 aromatic heterocycles. The van der Waals surface area contributed by atoms with Crippen molar-refractivity contribution in [3.05, 3.63) is 64.1 Å². The number of aromatic nitrogens is 1. The van der Waals surface area contributed by atoms with Gasteiger partial charge in [-0.3, -0.25) is 4.79 Å². The minimum atomic E-state index is -3.76. The van der Waals surface area contributed by atoms with Crippen LogP contribution in [0.25, 0.3) is 0 Å². The molecule has 0 unspecified atom stereocenters. The molecule has 2 aromatic rings. The molecule has 0 atom stereocenters. The molecule has 0 saturated carbocycles. The van der Waals surface area contributed by atoms with Gasteiger partial charge >= 0.3 is 5.97 Å². The van der Waals surface area contributed by atoms with E-state index in [0.29, 0.717) is 5.56 Å². The number of hydrogen-bond donors (Lipinski definition) is 2. The lowest BCUT2D eigenvalue weighted by Crippen LogP contribution is -2.26. The number of carboxylic acid groups (broad SMARTS) is 1. The average molecular weight is 308 g/mol. The highest BCUT2D eigenvalue weighted by Crippen LogP contribution is 2.09. The third-order valence-electron chi connectivity index (χ3n) is 2.86. The Morgan fingerprint density at radius 1 is 1.19 bits per heavy atom. The van der Waals surface area contributed by atoms with Gasteiger partial charge in [0.1, 0.15) is 5.56 Å². The number of primary sulfonamides is 1. The molecule has 0 saturated heterocycles. The number of sulfonamides is 1. The molecular formula is C13H12N2O5S. The van der Waals surface area contributed by atoms with Crippen LogP contribution in [0.2, 0.25) is 0 Å². The van der Waals surface area contributed by atoms with Gasteiger partial charge in [-0.2, -0.15) is 0 Å². The van der Waals surface area contributed by atoms with E-state index in [4.69, 9.17) is 10.2 Å². The summed E-state index contributed by atoms with van der Waals surface area (Å²) >= 11 is 0. The van der Waals surface area contributed by atoms with Crippen LogP contribution in [0.15, 0.2) is 52.3 Å². The summed E-state index contributed by atoms with van der Waals surface area (Å²) in [5.74, 6) is -1.29. The molecule has 7 nitrogen and oxygen atoms in total. The van der Waals surface area contributed by atoms with Crippen LogP contribution in [-0.2, 0) is 16.6 Å². The number of rotatable bonds is 4. The first-order chi connectivity index (χ1) is 9.79. The number of benzene rings is 1. The first kappa shape index (κ1) is 14.9. The van der Waals surface area contributed by atoms with E-state index in [1.165, 1.54) is 47.2 Å². The van der Waals surface area contributed by atoms with Crippen LogP contribution in [0.4, 0.5) is 0 Å². The van der Waals surface area contributed by atoms with Gasteiger partial charge in [-0.15, -0.1) is 0 Å². The van der Waals surface area contributed by atoms with Crippen LogP contribution in [0.3, 0.4) is 0 Å². The van der Waals surface area contributed by atoms with E-state index in [9.17, 15) is 18.0 Å². The lowest BCUT2D eigenvalue weighted by molar-refractivity contribution is 0.0694. The Kier molecular flexibility index (Phi) is 3.92. The SMILES string of the molecule is NS(=O)(=O)c1ccc(Cn2cccc(C(=O)O)c2=O)cc1. The molecule has 0 amide bonds. The Bertz CT molecular complexity index is 838. The van der Waals surface area contributed by atoms with Crippen molar-refractivity contribution in [2.75, 3.05) is 0 Å². The molecule has 0 aliphatic rings. The van der Waals surface area contributed by atoms with Gasteiger partial charge in [0.15, 0.2) is 0 Å². The van der Waals surface area contributed by atoms with Crippen molar-refractivity contribution in [1.82, 2.24) is 4.57 Å². The normalized spacial score (nSPS) is 11.3. The van der Waals surface area contributed by atoms with Gasteiger partial charge in [0, 0.05) is 6.20 Å². The van der Waals surface area contributed by atoms with Crippen LogP contribution < -0.4 is 10.7 Å². The average Bonchev–Trinajstić information content (AvgIpc) is 2.40. The molecule has 0 aliphatic carbocycles. The number of carbonyl (C=O) groups is 1. The molecule has 2 rings (SSSR count). The van der Waals surface area contributed by atoms with Gasteiger partial charge in [-0.1, -0.05) is 12.1 Å². The van der Waals surface area contributed by atoms with E-state index < -0.39 is 21.6 Å². The van der Waals surface area contributed by atoms with Gasteiger partial charge in [0.05, 0.1) is 11.4 Å². The Labute approximate surface area is 120 Å². The van der Waals surface area contributed by atoms with E-state index in [1.54, 1.807) is 0 Å². The lowest BCUT2D eigenvalue weighted by atomic mass is 10.2. The molecule has 3 N–H and O–H groups in total. The summed E-state index contributed by atoms with van der Waals surface area (Å²) in [5, 5.41) is 13.9. The zero-order valence-electron chi connectivity index (χ0n) is 10.8. The van der Waals surface area contributed by atoms with Crippen LogP contribution >= 0.6 is 0 Å². The van der Waals surface area contributed by atoms with Crippen molar-refractivity contribution >= 4 is 16.0 Å². The van der Waals surface area contributed by atoms with Gasteiger partial charge in [-0.25, -0.2) is 18.4 Å². The topological polar surface area (TPSA) is 119 Å². The smallest absolute Gasteiger partial charge is 0.341 e. The molecule has 0 bridgehead atoms. The van der Waals surface area contributed by atoms with Crippen LogP contribution in [0.5, 0.6) is 0 Å². The predicted molar refractivity (Wildman–Crippen MR) is 74.6 cm³/mol. The maximum Gasteiger partial charge on any atom is 0.341 e. The van der Waals surface area contributed by atoms with Crippen molar-refractivity contribution < 1.29 is 18.3 Å². The second-order valence-electron chi connectivity index (χ2n) is 4.35. The molecular weight excluding hydrogens is 296 g/mol. The van der Waals surface area contributed by atoms with Gasteiger partial charge < -0.3 is 9.67 Å². The summed E-state index contributed by atoms with van der Waals surface area (Å²) in [5.41, 5.74) is -0.300. The lowest BCUT2D eigenvalue weighted by Gasteiger charge is -2.07. The second-order valence-corrected chi connectivity index (χ2v) is 5.91. The molecule has 8 heteroatoms. The number of nitrogens with zero attached hydrogens (tertiary/aromatic N) is 1. The highest BCUT2D eigenvalue weighted by molar-refractivity contribution is 7.89. The molecule has 0 fully saturated rings. The van der Waals surface area contributed by atoms with Crippen LogP contribution in [0.1, 0.15) is 15.9 Å². The molecule has 0 spiro atoms. The zero-order chi connectivity index (χ0) is 15.6. The Morgan fingerprint density at radius 2 is 1.81 bits per heavy atom. The van der Waals surface area contributed by atoms with E-state index in [0.717, 1.165) is 0 Å². The Hall–Kier alpha value is -2.45. The fourth-order valence-electron chi connectivity index (χ4n) is 1.81. The summed E-state index contributed by atoms with van der Waals surface area (Å²) in [6, 6.07) is 8.38. The molecule has 0 aliphatic heterocycles. The van der Waals surface area contributed by atoms with Crippen molar-refractivity contribution in [3.8, 4) is 0 Å². The quantitative estimate of drug-likeness (QED) is 0.838. The monoisotopic (exact) mass is 308 g/mol. The van der Waals surface area contributed by atoms with Crippen molar-refractivity contribution in [3.63, 3.8) is 0 Å². The Balaban J connectivity index is 2.33. The zero-order valence-corrected chi connectivity index (χ0v) is 11.6. The van der Waals surface area contributed by atoms with E-state index in [1.807, 2.05) is 0 Å². The third kappa shape index (κ3) is 3.36. The maximum atomic E-state index is 11.9. The summed E-state index contributed by atoms with van der Waals surface area (Å²) in [4.78, 5) is 22.8. The van der Waals surface area contributed by atoms with Crippen molar-refractivity contribution in [2.24, 2.45) is 5.14 Å². The summed E-state index contributed by atoms with van der Waals surface area (Å²) in [6.45, 7) is 0.130. The third-order valence-corrected chi connectivity index (χ3v) is 3.78. The fraction of sp³-hybridized carbons (Fsp3) is 0.0769. The number of pyridine rings is 1. The van der Waals surface area contributed by atoms with Gasteiger partial charge in [0.2, 0.25) is 10.0 Å². The maximum absolute atomic E-state index is 11.9. The van der Waals surface area contributed by atoms with E-state index in [2.05, 4.69) is 0 Å². The second kappa shape index (κ2) is 5.51. The molecule has 21 heavy (non-hydrogen) atoms. The summed E-state index contributed by atoms with van der Waals surface area (Å²) in [6.07, 6.45) is 1.46. The Morgan fingerprint density at radius 3 is 2.33 bits per heavy atom. The van der Waals surface area contributed by atoms with Crippen molar-refractivity contribution in [2.45, 2.75) is 11.4 Å². The number of carboxylic acids is 1. The minimum Gasteiger partial charge on any atom is -0.477 e. The number of aromatic carboxylic acids is 1. The minimum absolute atomic E-state index is 0.0297. The summed E-state index contributed by atoms with van der Waals surface area (Å²) in [7, 11) is -3.76. The molecule has 1 heterocycles. The molecule has 110 valence electrons. The predicted octanol–water partition coefficient (Wildman–Crippen LogP) is 0.242. The molecule has 0 radical (unpaired) electrons. The van der Waals surface area contributed by atoms with Crippen LogP contribution in [-0.4, -0.2) is 24.1 Å². The van der Waals surface area contributed by atoms with E-state index in [-0.39, 0.29) is 17.0 Å². The number of hydrogen-bond acceptors (Lipinski definition) is 4. The van der Waals surface area contributed by atoms with Gasteiger partial charge in [-0.05, 0) is 29.8 Å². The first-order valence-corrected chi connectivity index (χ1v) is 7.38. The summed E-state index contributed by atoms with van der Waals surface area (Å²) < 4.78 is 23.5. The van der Waals surface area contributed by atoms with Crippen LogP contribution in [0, 0.1) is 0 Å². The van der Waals surface area contributed by atoms with E-state index >= 15 is 0 Å². The van der Waals surface area contributed by atoms with Gasteiger partial charge in [0.25, 0.3) is 5.56 Å². The first-order valence-electron chi connectivity index (χ1n) is 5.83. The highest BCUT2D eigenvalue weighted by atomic mass is 32.2. The molecule has 1 aromatic carbocycles.